The lowest BCUT2D eigenvalue weighted by Crippen LogP contribution is -2.29. The average Bonchev–Trinajstić information content (AvgIpc) is 2.56. The lowest BCUT2D eigenvalue weighted by Gasteiger charge is -2.21. The van der Waals surface area contributed by atoms with Gasteiger partial charge in [0.1, 0.15) is 5.75 Å². The summed E-state index contributed by atoms with van der Waals surface area (Å²) in [5, 5.41) is 3.18. The minimum atomic E-state index is -0.0457. The van der Waals surface area contributed by atoms with E-state index in [1.54, 1.807) is 0 Å². The molecule has 128 valence electrons. The highest BCUT2D eigenvalue weighted by atomic mass is 16.5. The second-order valence-electron chi connectivity index (χ2n) is 6.48. The maximum Gasteiger partial charge on any atom is 0.251 e. The fourth-order valence-corrected chi connectivity index (χ4v) is 2.78. The van der Waals surface area contributed by atoms with Crippen LogP contribution in [-0.2, 0) is 0 Å². The minimum Gasteiger partial charge on any atom is -0.494 e. The molecule has 2 aromatic carbocycles. The van der Waals surface area contributed by atoms with Gasteiger partial charge in [0.25, 0.3) is 5.91 Å². The molecule has 0 aliphatic rings. The third kappa shape index (κ3) is 4.85. The summed E-state index contributed by atoms with van der Waals surface area (Å²) in [5.74, 6) is 1.28. The van der Waals surface area contributed by atoms with Crippen molar-refractivity contribution in [2.24, 2.45) is 5.92 Å². The summed E-state index contributed by atoms with van der Waals surface area (Å²) in [7, 11) is 0. The van der Waals surface area contributed by atoms with Crippen molar-refractivity contribution < 1.29 is 9.53 Å². The van der Waals surface area contributed by atoms with Crippen molar-refractivity contribution in [1.29, 1.82) is 0 Å². The zero-order valence-electron chi connectivity index (χ0n) is 15.0. The van der Waals surface area contributed by atoms with Crippen molar-refractivity contribution in [3.05, 3.63) is 65.2 Å². The molecule has 1 amide bonds. The van der Waals surface area contributed by atoms with Crippen LogP contribution in [0.25, 0.3) is 0 Å². The predicted octanol–water partition coefficient (Wildman–Crippen LogP) is 4.91. The monoisotopic (exact) mass is 325 g/mol. The molecule has 0 spiro atoms. The van der Waals surface area contributed by atoms with Crippen LogP contribution < -0.4 is 10.1 Å². The van der Waals surface area contributed by atoms with Gasteiger partial charge in [-0.05, 0) is 55.5 Å². The van der Waals surface area contributed by atoms with Crippen molar-refractivity contribution in [3.8, 4) is 5.75 Å². The molecule has 0 aromatic heterocycles. The van der Waals surface area contributed by atoms with Crippen LogP contribution in [0.1, 0.15) is 54.7 Å². The van der Waals surface area contributed by atoms with Crippen molar-refractivity contribution in [2.75, 3.05) is 6.61 Å². The topological polar surface area (TPSA) is 38.3 Å². The summed E-state index contributed by atoms with van der Waals surface area (Å²) in [6.07, 6.45) is 0.908. The Morgan fingerprint density at radius 3 is 2.42 bits per heavy atom. The molecule has 3 heteroatoms. The second-order valence-corrected chi connectivity index (χ2v) is 6.48. The Bertz CT molecular complexity index is 665. The molecule has 2 aromatic rings. The predicted molar refractivity (Wildman–Crippen MR) is 98.5 cm³/mol. The van der Waals surface area contributed by atoms with E-state index in [0.717, 1.165) is 23.3 Å². The van der Waals surface area contributed by atoms with Crippen LogP contribution in [-0.4, -0.2) is 12.5 Å². The van der Waals surface area contributed by atoms with Crippen LogP contribution in [0.15, 0.2) is 48.5 Å². The number of nitrogens with one attached hydrogen (secondary N) is 1. The van der Waals surface area contributed by atoms with Crippen LogP contribution in [0.5, 0.6) is 5.75 Å². The fourth-order valence-electron chi connectivity index (χ4n) is 2.78. The molecule has 0 bridgehead atoms. The summed E-state index contributed by atoms with van der Waals surface area (Å²) in [6.45, 7) is 8.88. The standard InChI is InChI=1S/C21H27NO2/c1-5-24-20-12-11-18(14-16(20)4)21(23)22-19(13-15(2)3)17-9-7-6-8-10-17/h6-12,14-15,19H,5,13H2,1-4H3,(H,22,23). The van der Waals surface area contributed by atoms with Gasteiger partial charge in [-0.15, -0.1) is 0 Å². The maximum atomic E-state index is 12.7. The lowest BCUT2D eigenvalue weighted by atomic mass is 9.96. The van der Waals surface area contributed by atoms with E-state index >= 15 is 0 Å². The molecule has 0 aliphatic heterocycles. The number of benzene rings is 2. The number of carbonyl (C=O) groups is 1. The first-order chi connectivity index (χ1) is 11.5. The van der Waals surface area contributed by atoms with E-state index in [1.165, 1.54) is 0 Å². The van der Waals surface area contributed by atoms with E-state index in [-0.39, 0.29) is 11.9 Å². The molecule has 3 nitrogen and oxygen atoms in total. The molecule has 1 unspecified atom stereocenters. The lowest BCUT2D eigenvalue weighted by molar-refractivity contribution is 0.0932. The Labute approximate surface area is 145 Å². The van der Waals surface area contributed by atoms with Gasteiger partial charge in [-0.3, -0.25) is 4.79 Å². The number of carbonyl (C=O) groups excluding carboxylic acids is 1. The quantitative estimate of drug-likeness (QED) is 0.785. The van der Waals surface area contributed by atoms with Gasteiger partial charge >= 0.3 is 0 Å². The Morgan fingerprint density at radius 1 is 1.12 bits per heavy atom. The van der Waals surface area contributed by atoms with Gasteiger partial charge in [0.2, 0.25) is 0 Å². The minimum absolute atomic E-state index is 0.0191. The highest BCUT2D eigenvalue weighted by Crippen LogP contribution is 2.23. The third-order valence-corrected chi connectivity index (χ3v) is 3.95. The molecule has 0 saturated carbocycles. The van der Waals surface area contributed by atoms with Gasteiger partial charge < -0.3 is 10.1 Å². The molecule has 1 atom stereocenters. The number of ether oxygens (including phenoxy) is 1. The van der Waals surface area contributed by atoms with Crippen LogP contribution in [0, 0.1) is 12.8 Å². The highest BCUT2D eigenvalue weighted by Gasteiger charge is 2.17. The molecule has 24 heavy (non-hydrogen) atoms. The first-order valence-electron chi connectivity index (χ1n) is 8.60. The fraction of sp³-hybridized carbons (Fsp3) is 0.381. The Balaban J connectivity index is 2.17. The smallest absolute Gasteiger partial charge is 0.251 e. The Morgan fingerprint density at radius 2 is 1.83 bits per heavy atom. The average molecular weight is 325 g/mol. The van der Waals surface area contributed by atoms with Gasteiger partial charge in [0.05, 0.1) is 12.6 Å². The van der Waals surface area contributed by atoms with Crippen molar-refractivity contribution in [1.82, 2.24) is 5.32 Å². The molecular weight excluding hydrogens is 298 g/mol. The first kappa shape index (κ1) is 18.1. The van der Waals surface area contributed by atoms with Gasteiger partial charge in [-0.1, -0.05) is 44.2 Å². The summed E-state index contributed by atoms with van der Waals surface area (Å²) in [6, 6.07) is 15.7. The largest absolute Gasteiger partial charge is 0.494 e. The molecule has 1 N–H and O–H groups in total. The van der Waals surface area contributed by atoms with E-state index < -0.39 is 0 Å². The number of amides is 1. The number of hydrogen-bond donors (Lipinski definition) is 1. The molecule has 0 radical (unpaired) electrons. The van der Waals surface area contributed by atoms with Crippen molar-refractivity contribution in [3.63, 3.8) is 0 Å². The highest BCUT2D eigenvalue weighted by molar-refractivity contribution is 5.94. The Hall–Kier alpha value is -2.29. The first-order valence-corrected chi connectivity index (χ1v) is 8.60. The van der Waals surface area contributed by atoms with Crippen molar-refractivity contribution in [2.45, 2.75) is 40.2 Å². The van der Waals surface area contributed by atoms with Crippen LogP contribution >= 0.6 is 0 Å². The van der Waals surface area contributed by atoms with Gasteiger partial charge in [0, 0.05) is 5.56 Å². The molecule has 0 heterocycles. The van der Waals surface area contributed by atoms with Gasteiger partial charge in [-0.25, -0.2) is 0 Å². The third-order valence-electron chi connectivity index (χ3n) is 3.95. The molecular formula is C21H27NO2. The number of rotatable bonds is 7. The van der Waals surface area contributed by atoms with Crippen LogP contribution in [0.4, 0.5) is 0 Å². The molecule has 0 aliphatic carbocycles. The normalized spacial score (nSPS) is 12.0. The zero-order valence-corrected chi connectivity index (χ0v) is 15.0. The van der Waals surface area contributed by atoms with E-state index in [2.05, 4.69) is 31.3 Å². The summed E-state index contributed by atoms with van der Waals surface area (Å²) < 4.78 is 5.54. The van der Waals surface area contributed by atoms with E-state index in [4.69, 9.17) is 4.74 Å². The van der Waals surface area contributed by atoms with E-state index in [9.17, 15) is 4.79 Å². The molecule has 2 rings (SSSR count). The van der Waals surface area contributed by atoms with E-state index in [1.807, 2.05) is 50.2 Å². The summed E-state index contributed by atoms with van der Waals surface area (Å²) >= 11 is 0. The van der Waals surface area contributed by atoms with Crippen LogP contribution in [0.2, 0.25) is 0 Å². The van der Waals surface area contributed by atoms with Gasteiger partial charge in [-0.2, -0.15) is 0 Å². The molecule has 0 saturated heterocycles. The van der Waals surface area contributed by atoms with E-state index in [0.29, 0.717) is 18.1 Å². The summed E-state index contributed by atoms with van der Waals surface area (Å²) in [5.41, 5.74) is 2.78. The maximum absolute atomic E-state index is 12.7. The summed E-state index contributed by atoms with van der Waals surface area (Å²) in [4.78, 5) is 12.7. The zero-order chi connectivity index (χ0) is 17.5. The van der Waals surface area contributed by atoms with Crippen molar-refractivity contribution >= 4 is 5.91 Å². The Kier molecular flexibility index (Phi) is 6.42. The number of hydrogen-bond acceptors (Lipinski definition) is 2. The van der Waals surface area contributed by atoms with Crippen LogP contribution in [0.3, 0.4) is 0 Å². The van der Waals surface area contributed by atoms with Gasteiger partial charge in [0.15, 0.2) is 0 Å². The SMILES string of the molecule is CCOc1ccc(C(=O)NC(CC(C)C)c2ccccc2)cc1C. The number of aryl methyl sites for hydroxylation is 1. The second kappa shape index (κ2) is 8.53. The molecule has 0 fully saturated rings.